The summed E-state index contributed by atoms with van der Waals surface area (Å²) in [5, 5.41) is 8.54. The van der Waals surface area contributed by atoms with Gasteiger partial charge in [-0.25, -0.2) is 0 Å². The van der Waals surface area contributed by atoms with Gasteiger partial charge in [0.15, 0.2) is 6.19 Å². The SMILES string of the molecule is CN(c1ccc(S(F)(F)(F)(F)F)cc1)C(C(=O)N1CCC2(COC2)C1)c1cccnc1.COC1CC(C=O)N(C#N)C1. The lowest BCUT2D eigenvalue weighted by Gasteiger charge is -2.41. The smallest absolute Gasteiger partial charge is 0.310 e. The first kappa shape index (κ1) is 31.5. The Morgan fingerprint density at radius 3 is 2.38 bits per heavy atom. The number of carbonyl (C=O) groups is 2. The Morgan fingerprint density at radius 2 is 1.93 bits per heavy atom. The van der Waals surface area contributed by atoms with E-state index in [4.69, 9.17) is 14.7 Å². The summed E-state index contributed by atoms with van der Waals surface area (Å²) in [4.78, 5) is 30.6. The molecule has 3 fully saturated rings. The summed E-state index contributed by atoms with van der Waals surface area (Å²) >= 11 is 0. The highest BCUT2D eigenvalue weighted by atomic mass is 32.5. The van der Waals surface area contributed by atoms with Gasteiger partial charge in [0.05, 0.1) is 31.9 Å². The van der Waals surface area contributed by atoms with E-state index in [2.05, 4.69) is 4.98 Å². The second kappa shape index (κ2) is 11.0. The van der Waals surface area contributed by atoms with Crippen LogP contribution in [0.25, 0.3) is 0 Å². The van der Waals surface area contributed by atoms with Gasteiger partial charge in [0.1, 0.15) is 17.2 Å². The number of rotatable bonds is 7. The number of methoxy groups -OCH3 is 1. The molecule has 2 aromatic rings. The third kappa shape index (κ3) is 6.93. The van der Waals surface area contributed by atoms with Crippen molar-refractivity contribution in [2.75, 3.05) is 51.9 Å². The Balaban J connectivity index is 0.000000310. The van der Waals surface area contributed by atoms with Crippen LogP contribution in [0.1, 0.15) is 24.4 Å². The summed E-state index contributed by atoms with van der Waals surface area (Å²) in [7, 11) is -6.63. The molecule has 15 heteroatoms. The van der Waals surface area contributed by atoms with Gasteiger partial charge in [0.25, 0.3) is 0 Å². The molecule has 230 valence electrons. The van der Waals surface area contributed by atoms with E-state index in [1.54, 1.807) is 37.4 Å². The number of halogens is 5. The molecule has 4 heterocycles. The van der Waals surface area contributed by atoms with E-state index in [9.17, 15) is 29.0 Å². The number of likely N-dealkylation sites (tertiary alicyclic amines) is 2. The topological polar surface area (TPSA) is 99.0 Å². The van der Waals surface area contributed by atoms with Crippen molar-refractivity contribution in [1.29, 1.82) is 5.26 Å². The number of nitriles is 1. The molecule has 42 heavy (non-hydrogen) atoms. The number of benzene rings is 1. The highest BCUT2D eigenvalue weighted by Crippen LogP contribution is 3.02. The minimum absolute atomic E-state index is 0.0309. The molecule has 0 aliphatic carbocycles. The monoisotopic (exact) mass is 617 g/mol. The van der Waals surface area contributed by atoms with Crippen molar-refractivity contribution in [3.8, 4) is 6.19 Å². The predicted octanol–water partition coefficient (Wildman–Crippen LogP) is 4.92. The molecule has 5 rings (SSSR count). The highest BCUT2D eigenvalue weighted by Gasteiger charge is 2.65. The molecular formula is C27H32F5N5O4S. The number of ether oxygens (including phenoxy) is 2. The molecule has 3 atom stereocenters. The molecule has 1 aromatic carbocycles. The fraction of sp³-hybridized carbons (Fsp3) is 0.481. The minimum Gasteiger partial charge on any atom is -0.380 e. The summed E-state index contributed by atoms with van der Waals surface area (Å²) in [6.07, 6.45) is 7.29. The summed E-state index contributed by atoms with van der Waals surface area (Å²) in [5.74, 6) is -0.226. The number of aldehydes is 1. The third-order valence-electron chi connectivity index (χ3n) is 7.80. The van der Waals surface area contributed by atoms with Crippen molar-refractivity contribution in [3.63, 3.8) is 0 Å². The number of hydrogen-bond donors (Lipinski definition) is 0. The van der Waals surface area contributed by atoms with Gasteiger partial charge in [-0.15, -0.1) is 0 Å². The van der Waals surface area contributed by atoms with Crippen LogP contribution in [0.3, 0.4) is 0 Å². The van der Waals surface area contributed by atoms with Crippen LogP contribution in [-0.2, 0) is 19.1 Å². The Bertz CT molecular complexity index is 1320. The highest BCUT2D eigenvalue weighted by molar-refractivity contribution is 8.45. The van der Waals surface area contributed by atoms with Crippen molar-refractivity contribution in [3.05, 3.63) is 54.4 Å². The first-order valence-electron chi connectivity index (χ1n) is 13.1. The Kier molecular flexibility index (Phi) is 8.22. The molecular weight excluding hydrogens is 585 g/mol. The molecule has 0 saturated carbocycles. The molecule has 0 radical (unpaired) electrons. The fourth-order valence-electron chi connectivity index (χ4n) is 5.32. The summed E-state index contributed by atoms with van der Waals surface area (Å²) in [5.41, 5.74) is 0.725. The third-order valence-corrected chi connectivity index (χ3v) is 8.96. The molecule has 1 amide bonds. The number of nitrogens with zero attached hydrogens (tertiary/aromatic N) is 5. The Morgan fingerprint density at radius 1 is 1.24 bits per heavy atom. The second-order valence-corrected chi connectivity index (χ2v) is 13.2. The average Bonchev–Trinajstić information content (AvgIpc) is 3.58. The first-order valence-corrected chi connectivity index (χ1v) is 15.0. The van der Waals surface area contributed by atoms with Gasteiger partial charge < -0.3 is 24.1 Å². The molecule has 1 aromatic heterocycles. The van der Waals surface area contributed by atoms with Crippen molar-refractivity contribution in [1.82, 2.24) is 14.8 Å². The zero-order valence-corrected chi connectivity index (χ0v) is 23.9. The van der Waals surface area contributed by atoms with Gasteiger partial charge in [-0.1, -0.05) is 25.5 Å². The van der Waals surface area contributed by atoms with Gasteiger partial charge in [0.2, 0.25) is 5.91 Å². The number of pyridine rings is 1. The average molecular weight is 618 g/mol. The van der Waals surface area contributed by atoms with E-state index < -0.39 is 21.2 Å². The number of aromatic nitrogens is 1. The molecule has 3 saturated heterocycles. The normalized spacial score (nSPS) is 23.5. The van der Waals surface area contributed by atoms with Crippen molar-refractivity contribution >= 4 is 28.1 Å². The van der Waals surface area contributed by atoms with Gasteiger partial charge in [-0.3, -0.25) is 14.7 Å². The van der Waals surface area contributed by atoms with Gasteiger partial charge >= 0.3 is 10.2 Å². The molecule has 1 spiro atoms. The van der Waals surface area contributed by atoms with Crippen LogP contribution < -0.4 is 4.90 Å². The summed E-state index contributed by atoms with van der Waals surface area (Å²) in [6, 6.07) is 4.84. The Labute approximate surface area is 240 Å². The van der Waals surface area contributed by atoms with E-state index in [1.165, 1.54) is 16.0 Å². The molecule has 3 aliphatic heterocycles. The van der Waals surface area contributed by atoms with E-state index in [1.807, 2.05) is 6.19 Å². The molecule has 0 N–H and O–H groups in total. The zero-order chi connectivity index (χ0) is 30.8. The summed E-state index contributed by atoms with van der Waals surface area (Å²) < 4.78 is 75.6. The lowest BCUT2D eigenvalue weighted by molar-refractivity contribution is -0.136. The zero-order valence-electron chi connectivity index (χ0n) is 23.0. The van der Waals surface area contributed by atoms with Gasteiger partial charge in [-0.2, -0.15) is 5.26 Å². The lowest BCUT2D eigenvalue weighted by Crippen LogP contribution is -2.47. The van der Waals surface area contributed by atoms with Crippen molar-refractivity contribution in [2.45, 2.75) is 35.9 Å². The number of likely N-dealkylation sites (N-methyl/N-ethyl adjacent to an activating group) is 1. The Hall–Kier alpha value is -3.48. The van der Waals surface area contributed by atoms with Crippen LogP contribution >= 0.6 is 10.2 Å². The molecule has 9 nitrogen and oxygen atoms in total. The number of anilines is 1. The maximum absolute atomic E-state index is 13.4. The van der Waals surface area contributed by atoms with Crippen LogP contribution in [0.2, 0.25) is 0 Å². The standard InChI is InChI=1S/C20H22F5N3O2S.C7H10N2O2/c1-27(16-4-6-17(7-5-16)31(21,22,23,24)25)18(15-3-2-9-26-11-15)19(29)28-10-8-20(12-28)13-30-14-20;1-11-7-2-6(4-10)9(3-7)5-8/h2-7,9,11,18H,8,10,12-14H2,1H3;4,6-7H,2-3H2,1H3. The predicted molar refractivity (Wildman–Crippen MR) is 145 cm³/mol. The largest absolute Gasteiger partial charge is 0.380 e. The van der Waals surface area contributed by atoms with Crippen LogP contribution in [0.15, 0.2) is 53.7 Å². The van der Waals surface area contributed by atoms with E-state index in [0.717, 1.165) is 24.8 Å². The molecule has 0 bridgehead atoms. The van der Waals surface area contributed by atoms with Gasteiger partial charge in [0, 0.05) is 62.7 Å². The van der Waals surface area contributed by atoms with E-state index in [-0.39, 0.29) is 29.2 Å². The second-order valence-electron chi connectivity index (χ2n) is 10.8. The molecule has 3 aliphatic rings. The van der Waals surface area contributed by atoms with Crippen LogP contribution in [0.4, 0.5) is 25.1 Å². The molecule has 3 unspecified atom stereocenters. The maximum Gasteiger partial charge on any atom is 0.310 e. The van der Waals surface area contributed by atoms with Gasteiger partial charge in [-0.05, 0) is 36.8 Å². The van der Waals surface area contributed by atoms with Crippen molar-refractivity contribution in [2.24, 2.45) is 5.41 Å². The number of hydrogen-bond acceptors (Lipinski definition) is 8. The quantitative estimate of drug-likeness (QED) is 0.245. The van der Waals surface area contributed by atoms with Crippen LogP contribution in [0, 0.1) is 16.9 Å². The van der Waals surface area contributed by atoms with Crippen LogP contribution in [0.5, 0.6) is 0 Å². The lowest BCUT2D eigenvalue weighted by atomic mass is 9.85. The maximum atomic E-state index is 13.4. The minimum atomic E-state index is -9.77. The number of amides is 1. The fourth-order valence-corrected chi connectivity index (χ4v) is 5.97. The van der Waals surface area contributed by atoms with E-state index in [0.29, 0.717) is 57.0 Å². The summed E-state index contributed by atoms with van der Waals surface area (Å²) in [6.45, 7) is 2.83. The number of carbonyl (C=O) groups excluding carboxylic acids is 2. The van der Waals surface area contributed by atoms with Crippen LogP contribution in [-0.4, -0.2) is 86.1 Å². The van der Waals surface area contributed by atoms with Crippen molar-refractivity contribution < 1.29 is 38.5 Å². The first-order chi connectivity index (χ1) is 19.6. The van der Waals surface area contributed by atoms with E-state index >= 15 is 0 Å².